The molecule has 5 nitrogen and oxygen atoms in total. The second kappa shape index (κ2) is 6.92. The summed E-state index contributed by atoms with van der Waals surface area (Å²) in [4.78, 5) is 22.9. The van der Waals surface area contributed by atoms with Gasteiger partial charge in [0.15, 0.2) is 8.32 Å². The molecule has 21 heavy (non-hydrogen) atoms. The van der Waals surface area contributed by atoms with Gasteiger partial charge in [0, 0.05) is 0 Å². The van der Waals surface area contributed by atoms with Crippen LogP contribution in [0.2, 0.25) is 18.1 Å². The zero-order valence-electron chi connectivity index (χ0n) is 14.6. The second-order valence-corrected chi connectivity index (χ2v) is 12.6. The van der Waals surface area contributed by atoms with Crippen molar-refractivity contribution in [3.05, 3.63) is 0 Å². The summed E-state index contributed by atoms with van der Waals surface area (Å²) in [6.45, 7) is 15.6. The van der Waals surface area contributed by atoms with Crippen LogP contribution in [0.5, 0.6) is 0 Å². The molecule has 0 saturated carbocycles. The maximum Gasteiger partial charge on any atom is 0.308 e. The van der Waals surface area contributed by atoms with Crippen molar-refractivity contribution in [2.75, 3.05) is 0 Å². The Labute approximate surface area is 129 Å². The highest BCUT2D eigenvalue weighted by Gasteiger charge is 2.40. The highest BCUT2D eigenvalue weighted by atomic mass is 28.4. The van der Waals surface area contributed by atoms with Gasteiger partial charge in [0.05, 0.1) is 18.9 Å². The lowest BCUT2D eigenvalue weighted by Gasteiger charge is -2.39. The van der Waals surface area contributed by atoms with Gasteiger partial charge in [0.25, 0.3) is 0 Å². The fourth-order valence-electron chi connectivity index (χ4n) is 1.51. The lowest BCUT2D eigenvalue weighted by molar-refractivity contribution is -0.157. The Bertz CT molecular complexity index is 377. The molecular formula is C15H30O5Si. The predicted octanol–water partition coefficient (Wildman–Crippen LogP) is 3.58. The molecule has 0 aliphatic carbocycles. The maximum absolute atomic E-state index is 11.9. The summed E-state index contributed by atoms with van der Waals surface area (Å²) in [6, 6.07) is 0. The van der Waals surface area contributed by atoms with E-state index in [1.165, 1.54) is 0 Å². The lowest BCUT2D eigenvalue weighted by Crippen LogP contribution is -2.45. The van der Waals surface area contributed by atoms with Crippen LogP contribution >= 0.6 is 0 Å². The third kappa shape index (κ3) is 8.21. The Morgan fingerprint density at radius 2 is 1.52 bits per heavy atom. The number of hydrogen-bond donors (Lipinski definition) is 1. The lowest BCUT2D eigenvalue weighted by atomic mass is 10.1. The number of carbonyl (C=O) groups excluding carboxylic acids is 1. The van der Waals surface area contributed by atoms with E-state index in [-0.39, 0.29) is 17.9 Å². The SMILES string of the molecule is CC(C)(C)OC(=O)CC(CC(=O)O)O[Si](C)(C)C(C)(C)C. The highest BCUT2D eigenvalue weighted by Crippen LogP contribution is 2.38. The largest absolute Gasteiger partial charge is 0.481 e. The van der Waals surface area contributed by atoms with Crippen LogP contribution in [0.15, 0.2) is 0 Å². The first kappa shape index (κ1) is 20.1. The third-order valence-corrected chi connectivity index (χ3v) is 8.02. The van der Waals surface area contributed by atoms with Gasteiger partial charge in [0.1, 0.15) is 5.60 Å². The Kier molecular flexibility index (Phi) is 6.63. The van der Waals surface area contributed by atoms with Crippen molar-refractivity contribution in [1.82, 2.24) is 0 Å². The van der Waals surface area contributed by atoms with Crippen LogP contribution in [-0.2, 0) is 18.8 Å². The summed E-state index contributed by atoms with van der Waals surface area (Å²) in [5.74, 6) is -1.39. The first-order valence-corrected chi connectivity index (χ1v) is 10.2. The van der Waals surface area contributed by atoms with E-state index in [1.807, 2.05) is 13.1 Å². The summed E-state index contributed by atoms with van der Waals surface area (Å²) in [5.41, 5.74) is -0.582. The fraction of sp³-hybridized carbons (Fsp3) is 0.867. The van der Waals surface area contributed by atoms with Crippen LogP contribution in [0.25, 0.3) is 0 Å². The van der Waals surface area contributed by atoms with Gasteiger partial charge in [-0.15, -0.1) is 0 Å². The molecule has 0 aromatic heterocycles. The van der Waals surface area contributed by atoms with Gasteiger partial charge in [-0.25, -0.2) is 0 Å². The minimum Gasteiger partial charge on any atom is -0.481 e. The molecule has 1 unspecified atom stereocenters. The summed E-state index contributed by atoms with van der Waals surface area (Å²) < 4.78 is 11.3. The van der Waals surface area contributed by atoms with E-state index < -0.39 is 32.0 Å². The van der Waals surface area contributed by atoms with Crippen molar-refractivity contribution in [3.8, 4) is 0 Å². The van der Waals surface area contributed by atoms with E-state index in [9.17, 15) is 9.59 Å². The number of carboxylic acids is 1. The third-order valence-electron chi connectivity index (χ3n) is 3.48. The van der Waals surface area contributed by atoms with E-state index in [0.717, 1.165) is 0 Å². The quantitative estimate of drug-likeness (QED) is 0.598. The Morgan fingerprint density at radius 3 is 1.86 bits per heavy atom. The molecule has 0 aromatic rings. The maximum atomic E-state index is 11.9. The molecular weight excluding hydrogens is 288 g/mol. The number of aliphatic carboxylic acids is 1. The van der Waals surface area contributed by atoms with Gasteiger partial charge in [0.2, 0.25) is 0 Å². The molecule has 6 heteroatoms. The monoisotopic (exact) mass is 318 g/mol. The average molecular weight is 318 g/mol. The van der Waals surface area contributed by atoms with Gasteiger partial charge in [-0.05, 0) is 38.9 Å². The first-order valence-electron chi connectivity index (χ1n) is 7.25. The van der Waals surface area contributed by atoms with Crippen LogP contribution in [0.4, 0.5) is 0 Å². The van der Waals surface area contributed by atoms with Crippen LogP contribution in [0, 0.1) is 0 Å². The molecule has 0 amide bonds. The van der Waals surface area contributed by atoms with Crippen molar-refractivity contribution < 1.29 is 23.9 Å². The molecule has 0 heterocycles. The van der Waals surface area contributed by atoms with Crippen molar-refractivity contribution in [2.45, 2.75) is 84.2 Å². The minimum atomic E-state index is -2.13. The molecule has 0 radical (unpaired) electrons. The zero-order chi connectivity index (χ0) is 17.1. The van der Waals surface area contributed by atoms with Gasteiger partial charge < -0.3 is 14.3 Å². The molecule has 0 aliphatic heterocycles. The number of carboxylic acid groups (broad SMARTS) is 1. The number of ether oxygens (including phenoxy) is 1. The van der Waals surface area contributed by atoms with Gasteiger partial charge >= 0.3 is 11.9 Å². The molecule has 0 bridgehead atoms. The predicted molar refractivity (Wildman–Crippen MR) is 84.8 cm³/mol. The Balaban J connectivity index is 4.90. The molecule has 0 aromatic carbocycles. The summed E-state index contributed by atoms with van der Waals surface area (Å²) in [6.07, 6.45) is -0.861. The second-order valence-electron chi connectivity index (χ2n) is 7.89. The van der Waals surface area contributed by atoms with E-state index in [4.69, 9.17) is 14.3 Å². The number of esters is 1. The van der Waals surface area contributed by atoms with Gasteiger partial charge in [-0.1, -0.05) is 20.8 Å². The topological polar surface area (TPSA) is 72.8 Å². The van der Waals surface area contributed by atoms with E-state index in [0.29, 0.717) is 0 Å². The average Bonchev–Trinajstić information content (AvgIpc) is 2.08. The highest BCUT2D eigenvalue weighted by molar-refractivity contribution is 6.74. The standard InChI is InChI=1S/C15H30O5Si/c1-14(2,3)19-13(18)10-11(9-12(16)17)20-21(7,8)15(4,5)6/h11H,9-10H2,1-8H3,(H,16,17). The fourth-order valence-corrected chi connectivity index (χ4v) is 2.87. The number of hydrogen-bond acceptors (Lipinski definition) is 4. The summed E-state index contributed by atoms with van der Waals surface area (Å²) >= 11 is 0. The van der Waals surface area contributed by atoms with Crippen LogP contribution in [0.1, 0.15) is 54.4 Å². The van der Waals surface area contributed by atoms with E-state index in [2.05, 4.69) is 20.8 Å². The van der Waals surface area contributed by atoms with Crippen molar-refractivity contribution >= 4 is 20.3 Å². The normalized spacial score (nSPS) is 14.7. The Morgan fingerprint density at radius 1 is 1.05 bits per heavy atom. The van der Waals surface area contributed by atoms with Crippen LogP contribution in [-0.4, -0.2) is 37.1 Å². The smallest absolute Gasteiger partial charge is 0.308 e. The number of carbonyl (C=O) groups is 2. The molecule has 1 atom stereocenters. The summed E-state index contributed by atoms with van der Waals surface area (Å²) in [7, 11) is -2.13. The molecule has 124 valence electrons. The minimum absolute atomic E-state index is 0.0317. The number of rotatable bonds is 6. The molecule has 0 rings (SSSR count). The molecule has 0 spiro atoms. The van der Waals surface area contributed by atoms with Crippen molar-refractivity contribution in [1.29, 1.82) is 0 Å². The molecule has 1 N–H and O–H groups in total. The van der Waals surface area contributed by atoms with E-state index in [1.54, 1.807) is 20.8 Å². The first-order chi connectivity index (χ1) is 9.14. The molecule has 0 aliphatic rings. The van der Waals surface area contributed by atoms with E-state index >= 15 is 0 Å². The van der Waals surface area contributed by atoms with Crippen molar-refractivity contribution in [2.24, 2.45) is 0 Å². The van der Waals surface area contributed by atoms with Crippen LogP contribution in [0.3, 0.4) is 0 Å². The zero-order valence-corrected chi connectivity index (χ0v) is 15.6. The molecule has 0 fully saturated rings. The van der Waals surface area contributed by atoms with Crippen molar-refractivity contribution in [3.63, 3.8) is 0 Å². The van der Waals surface area contributed by atoms with Gasteiger partial charge in [-0.2, -0.15) is 0 Å². The van der Waals surface area contributed by atoms with Gasteiger partial charge in [-0.3, -0.25) is 9.59 Å². The van der Waals surface area contributed by atoms with Crippen LogP contribution < -0.4 is 0 Å². The Hall–Kier alpha value is -0.883. The molecule has 0 saturated heterocycles. The summed E-state index contributed by atoms with van der Waals surface area (Å²) in [5, 5.41) is 8.97.